The van der Waals surface area contributed by atoms with E-state index >= 15 is 0 Å². The second-order valence-electron chi connectivity index (χ2n) is 4.15. The molecule has 0 spiro atoms. The molecule has 0 fully saturated rings. The number of nitrogens with one attached hydrogen (secondary N) is 1. The van der Waals surface area contributed by atoms with Gasteiger partial charge in [0.05, 0.1) is 11.5 Å². The highest BCUT2D eigenvalue weighted by Crippen LogP contribution is 2.26. The Morgan fingerprint density at radius 2 is 1.62 bits per heavy atom. The van der Waals surface area contributed by atoms with Crippen molar-refractivity contribution >= 4 is 31.6 Å². The lowest BCUT2D eigenvalue weighted by molar-refractivity contribution is 0.282. The lowest BCUT2D eigenvalue weighted by atomic mass is 10.2. The topological polar surface area (TPSA) is 66.4 Å². The average molecular weight is 378 g/mol. The van der Waals surface area contributed by atoms with Gasteiger partial charge in [-0.2, -0.15) is 0 Å². The average Bonchev–Trinajstić information content (AvgIpc) is 2.43. The van der Waals surface area contributed by atoms with Crippen LogP contribution < -0.4 is 4.72 Å². The van der Waals surface area contributed by atoms with E-state index in [0.29, 0.717) is 5.56 Å². The molecule has 8 heteroatoms. The third kappa shape index (κ3) is 3.58. The van der Waals surface area contributed by atoms with Gasteiger partial charge in [0.2, 0.25) is 0 Å². The summed E-state index contributed by atoms with van der Waals surface area (Å²) < 4.78 is 53.5. The van der Waals surface area contributed by atoms with Gasteiger partial charge in [-0.05, 0) is 29.8 Å². The maximum Gasteiger partial charge on any atom is 0.262 e. The van der Waals surface area contributed by atoms with Gasteiger partial charge in [-0.3, -0.25) is 4.72 Å². The van der Waals surface area contributed by atoms with E-state index < -0.39 is 27.3 Å². The molecule has 112 valence electrons. The van der Waals surface area contributed by atoms with E-state index in [9.17, 15) is 17.2 Å². The summed E-state index contributed by atoms with van der Waals surface area (Å²) >= 11 is 2.91. The van der Waals surface area contributed by atoms with Crippen LogP contribution in [0.2, 0.25) is 0 Å². The van der Waals surface area contributed by atoms with Gasteiger partial charge < -0.3 is 5.11 Å². The normalized spacial score (nSPS) is 11.4. The molecule has 2 aromatic rings. The van der Waals surface area contributed by atoms with Crippen molar-refractivity contribution in [3.8, 4) is 0 Å². The highest BCUT2D eigenvalue weighted by atomic mass is 79.9. The van der Waals surface area contributed by atoms with Crippen molar-refractivity contribution in [3.05, 3.63) is 58.1 Å². The molecule has 0 aliphatic rings. The van der Waals surface area contributed by atoms with Gasteiger partial charge in [-0.15, -0.1) is 0 Å². The van der Waals surface area contributed by atoms with E-state index in [1.165, 1.54) is 24.3 Å². The quantitative estimate of drug-likeness (QED) is 0.860. The first kappa shape index (κ1) is 15.9. The number of rotatable bonds is 4. The van der Waals surface area contributed by atoms with Crippen LogP contribution in [-0.2, 0) is 16.6 Å². The summed E-state index contributed by atoms with van der Waals surface area (Å²) in [7, 11) is -4.12. The molecule has 2 aromatic carbocycles. The fourth-order valence-corrected chi connectivity index (χ4v) is 3.08. The highest BCUT2D eigenvalue weighted by Gasteiger charge is 2.19. The first-order valence-corrected chi connectivity index (χ1v) is 7.98. The van der Waals surface area contributed by atoms with Crippen molar-refractivity contribution in [2.45, 2.75) is 11.5 Å². The minimum Gasteiger partial charge on any atom is -0.392 e. The molecule has 0 amide bonds. The van der Waals surface area contributed by atoms with E-state index in [0.717, 1.165) is 12.1 Å². The van der Waals surface area contributed by atoms with E-state index in [-0.39, 0.29) is 16.0 Å². The molecule has 0 heterocycles. The molecule has 0 aromatic heterocycles. The highest BCUT2D eigenvalue weighted by molar-refractivity contribution is 9.10. The number of aliphatic hydroxyl groups excluding tert-OH is 1. The van der Waals surface area contributed by atoms with Crippen LogP contribution in [0.3, 0.4) is 0 Å². The van der Waals surface area contributed by atoms with Gasteiger partial charge in [0, 0.05) is 4.47 Å². The zero-order chi connectivity index (χ0) is 15.6. The Balaban J connectivity index is 2.37. The molecule has 2 N–H and O–H groups in total. The number of sulfonamides is 1. The number of halogens is 3. The summed E-state index contributed by atoms with van der Waals surface area (Å²) in [5, 5.41) is 8.90. The number of hydrogen-bond donors (Lipinski definition) is 2. The zero-order valence-electron chi connectivity index (χ0n) is 10.5. The van der Waals surface area contributed by atoms with Crippen molar-refractivity contribution in [1.82, 2.24) is 0 Å². The van der Waals surface area contributed by atoms with Crippen LogP contribution in [0.25, 0.3) is 0 Å². The monoisotopic (exact) mass is 377 g/mol. The number of anilines is 1. The predicted molar refractivity (Wildman–Crippen MR) is 77.2 cm³/mol. The maximum atomic E-state index is 13.6. The summed E-state index contributed by atoms with van der Waals surface area (Å²) in [5.74, 6) is -2.06. The molecule has 21 heavy (non-hydrogen) atoms. The van der Waals surface area contributed by atoms with Gasteiger partial charge in [0.1, 0.15) is 5.69 Å². The zero-order valence-corrected chi connectivity index (χ0v) is 12.9. The third-order valence-corrected chi connectivity index (χ3v) is 4.48. The Morgan fingerprint density at radius 1 is 1.10 bits per heavy atom. The Labute approximate surface area is 128 Å². The summed E-state index contributed by atoms with van der Waals surface area (Å²) in [4.78, 5) is -0.165. The standard InChI is InChI=1S/C13H10BrF2NO3S/c14-9-5-11(15)13(12(16)6-9)17-21(19,20)10-3-1-8(7-18)2-4-10/h1-6,17-18H,7H2. The molecule has 0 saturated carbocycles. The Kier molecular flexibility index (Phi) is 4.60. The van der Waals surface area contributed by atoms with E-state index in [1.54, 1.807) is 0 Å². The minimum atomic E-state index is -4.12. The summed E-state index contributed by atoms with van der Waals surface area (Å²) in [6.07, 6.45) is 0. The Hall–Kier alpha value is -1.51. The fourth-order valence-electron chi connectivity index (χ4n) is 1.61. The second-order valence-corrected chi connectivity index (χ2v) is 6.75. The molecule has 0 bridgehead atoms. The molecule has 0 atom stereocenters. The molecular formula is C13H10BrF2NO3S. The maximum absolute atomic E-state index is 13.6. The first-order valence-electron chi connectivity index (χ1n) is 5.70. The predicted octanol–water partition coefficient (Wildman–Crippen LogP) is 3.02. The SMILES string of the molecule is O=S(=O)(Nc1c(F)cc(Br)cc1F)c1ccc(CO)cc1. The third-order valence-electron chi connectivity index (χ3n) is 2.66. The molecular weight excluding hydrogens is 368 g/mol. The van der Waals surface area contributed by atoms with Gasteiger partial charge >= 0.3 is 0 Å². The van der Waals surface area contributed by atoms with Crippen LogP contribution in [0.15, 0.2) is 45.8 Å². The van der Waals surface area contributed by atoms with Crippen LogP contribution in [0.1, 0.15) is 5.56 Å². The second kappa shape index (κ2) is 6.08. The fraction of sp³-hybridized carbons (Fsp3) is 0.0769. The van der Waals surface area contributed by atoms with Gasteiger partial charge in [-0.25, -0.2) is 17.2 Å². The van der Waals surface area contributed by atoms with Crippen molar-refractivity contribution < 1.29 is 22.3 Å². The van der Waals surface area contributed by atoms with Crippen molar-refractivity contribution in [2.75, 3.05) is 4.72 Å². The Morgan fingerprint density at radius 3 is 2.10 bits per heavy atom. The van der Waals surface area contributed by atoms with Gasteiger partial charge in [0.25, 0.3) is 10.0 Å². The molecule has 0 unspecified atom stereocenters. The molecule has 0 aliphatic heterocycles. The Bertz CT molecular complexity index is 740. The molecule has 4 nitrogen and oxygen atoms in total. The van der Waals surface area contributed by atoms with Crippen LogP contribution in [0, 0.1) is 11.6 Å². The lowest BCUT2D eigenvalue weighted by Gasteiger charge is -2.10. The van der Waals surface area contributed by atoms with Crippen LogP contribution >= 0.6 is 15.9 Å². The molecule has 0 aliphatic carbocycles. The summed E-state index contributed by atoms with van der Waals surface area (Å²) in [6.45, 7) is -0.232. The molecule has 0 radical (unpaired) electrons. The molecule has 0 saturated heterocycles. The van der Waals surface area contributed by atoms with E-state index in [2.05, 4.69) is 15.9 Å². The largest absolute Gasteiger partial charge is 0.392 e. The summed E-state index contributed by atoms with van der Waals surface area (Å²) in [6, 6.07) is 7.20. The van der Waals surface area contributed by atoms with Crippen molar-refractivity contribution in [1.29, 1.82) is 0 Å². The van der Waals surface area contributed by atoms with Crippen LogP contribution in [-0.4, -0.2) is 13.5 Å². The smallest absolute Gasteiger partial charge is 0.262 e. The van der Waals surface area contributed by atoms with Crippen LogP contribution in [0.4, 0.5) is 14.5 Å². The van der Waals surface area contributed by atoms with E-state index in [1.807, 2.05) is 4.72 Å². The minimum absolute atomic E-state index is 0.160. The van der Waals surface area contributed by atoms with Crippen molar-refractivity contribution in [2.24, 2.45) is 0 Å². The lowest BCUT2D eigenvalue weighted by Crippen LogP contribution is -2.15. The number of hydrogen-bond acceptors (Lipinski definition) is 3. The van der Waals surface area contributed by atoms with Gasteiger partial charge in [0.15, 0.2) is 11.6 Å². The number of benzene rings is 2. The van der Waals surface area contributed by atoms with Gasteiger partial charge in [-0.1, -0.05) is 28.1 Å². The summed E-state index contributed by atoms with van der Waals surface area (Å²) in [5.41, 5.74) is -0.223. The number of aliphatic hydroxyl groups is 1. The first-order chi connectivity index (χ1) is 9.83. The van der Waals surface area contributed by atoms with E-state index in [4.69, 9.17) is 5.11 Å². The van der Waals surface area contributed by atoms with Crippen LogP contribution in [0.5, 0.6) is 0 Å². The van der Waals surface area contributed by atoms with Crippen molar-refractivity contribution in [3.63, 3.8) is 0 Å². The molecule has 2 rings (SSSR count).